The van der Waals surface area contributed by atoms with Crippen LogP contribution < -0.4 is 4.90 Å². The lowest BCUT2D eigenvalue weighted by atomic mass is 10.1. The first-order chi connectivity index (χ1) is 8.72. The predicted molar refractivity (Wildman–Crippen MR) is 73.8 cm³/mol. The van der Waals surface area contributed by atoms with Crippen molar-refractivity contribution >= 4 is 5.69 Å². The first kappa shape index (κ1) is 13.4. The van der Waals surface area contributed by atoms with Crippen LogP contribution in [0.2, 0.25) is 0 Å². The normalized spacial score (nSPS) is 17.9. The smallest absolute Gasteiger partial charge is 0.0761 e. The molecule has 0 aliphatic heterocycles. The zero-order valence-corrected chi connectivity index (χ0v) is 11.0. The zero-order chi connectivity index (χ0) is 13.0. The third-order valence-corrected chi connectivity index (χ3v) is 3.81. The highest BCUT2D eigenvalue weighted by atomic mass is 16.3. The highest BCUT2D eigenvalue weighted by Gasteiger charge is 2.22. The van der Waals surface area contributed by atoms with E-state index >= 15 is 0 Å². The van der Waals surface area contributed by atoms with Crippen LogP contribution >= 0.6 is 0 Å². The van der Waals surface area contributed by atoms with Crippen molar-refractivity contribution in [3.8, 4) is 0 Å². The van der Waals surface area contributed by atoms with Crippen LogP contribution in [0, 0.1) is 0 Å². The van der Waals surface area contributed by atoms with Crippen molar-refractivity contribution in [3.63, 3.8) is 0 Å². The standard InChI is InChI=1S/C15H23NO2/c1-12(18)13-6-8-15(9-7-13)16(10-11-17)14-4-2-3-5-14/h6-9,12,14,17-18H,2-5,10-11H2,1H3/t12-/m0/s1. The van der Waals surface area contributed by atoms with Crippen molar-refractivity contribution < 1.29 is 10.2 Å². The maximum Gasteiger partial charge on any atom is 0.0761 e. The van der Waals surface area contributed by atoms with Crippen molar-refractivity contribution in [3.05, 3.63) is 29.8 Å². The molecule has 1 aliphatic rings. The maximum atomic E-state index is 9.51. The van der Waals surface area contributed by atoms with Gasteiger partial charge >= 0.3 is 0 Å². The second kappa shape index (κ2) is 6.21. The fraction of sp³-hybridized carbons (Fsp3) is 0.600. The van der Waals surface area contributed by atoms with E-state index < -0.39 is 6.10 Å². The highest BCUT2D eigenvalue weighted by molar-refractivity contribution is 5.49. The van der Waals surface area contributed by atoms with E-state index in [1.807, 2.05) is 12.1 Å². The van der Waals surface area contributed by atoms with Crippen LogP contribution in [0.25, 0.3) is 0 Å². The topological polar surface area (TPSA) is 43.7 Å². The Hall–Kier alpha value is -1.06. The summed E-state index contributed by atoms with van der Waals surface area (Å²) in [4.78, 5) is 2.30. The van der Waals surface area contributed by atoms with E-state index in [1.165, 1.54) is 25.7 Å². The lowest BCUT2D eigenvalue weighted by molar-refractivity contribution is 0.199. The predicted octanol–water partition coefficient (Wildman–Crippen LogP) is 2.48. The number of benzene rings is 1. The summed E-state index contributed by atoms with van der Waals surface area (Å²) in [6.45, 7) is 2.66. The van der Waals surface area contributed by atoms with Gasteiger partial charge in [-0.25, -0.2) is 0 Å². The number of anilines is 1. The van der Waals surface area contributed by atoms with E-state index in [0.717, 1.165) is 11.3 Å². The van der Waals surface area contributed by atoms with Crippen LogP contribution in [0.5, 0.6) is 0 Å². The molecule has 0 aromatic heterocycles. The first-order valence-corrected chi connectivity index (χ1v) is 6.88. The molecule has 1 aromatic carbocycles. The molecule has 0 saturated heterocycles. The molecule has 2 rings (SSSR count). The van der Waals surface area contributed by atoms with E-state index in [4.69, 9.17) is 0 Å². The van der Waals surface area contributed by atoms with Gasteiger partial charge in [0.2, 0.25) is 0 Å². The minimum absolute atomic E-state index is 0.189. The summed E-state index contributed by atoms with van der Waals surface area (Å²) >= 11 is 0. The molecular formula is C15H23NO2. The third-order valence-electron chi connectivity index (χ3n) is 3.81. The van der Waals surface area contributed by atoms with Crippen LogP contribution in [0.15, 0.2) is 24.3 Å². The summed E-state index contributed by atoms with van der Waals surface area (Å²) in [6.07, 6.45) is 4.60. The molecule has 2 N–H and O–H groups in total. The average molecular weight is 249 g/mol. The Morgan fingerprint density at radius 2 is 1.83 bits per heavy atom. The van der Waals surface area contributed by atoms with Crippen LogP contribution in [0.3, 0.4) is 0 Å². The van der Waals surface area contributed by atoms with Crippen molar-refractivity contribution in [2.45, 2.75) is 44.8 Å². The molecule has 0 heterocycles. The van der Waals surface area contributed by atoms with Gasteiger partial charge in [-0.3, -0.25) is 0 Å². The number of hydrogen-bond donors (Lipinski definition) is 2. The summed E-state index contributed by atoms with van der Waals surface area (Å²) in [5, 5.41) is 18.7. The molecule has 3 heteroatoms. The zero-order valence-electron chi connectivity index (χ0n) is 11.0. The fourth-order valence-corrected chi connectivity index (χ4v) is 2.79. The molecule has 1 aromatic rings. The Labute approximate surface area is 109 Å². The van der Waals surface area contributed by atoms with E-state index in [9.17, 15) is 10.2 Å². The molecule has 1 atom stereocenters. The average Bonchev–Trinajstić information content (AvgIpc) is 2.90. The Kier molecular flexibility index (Phi) is 4.61. The third kappa shape index (κ3) is 3.03. The summed E-state index contributed by atoms with van der Waals surface area (Å²) in [7, 11) is 0. The molecule has 3 nitrogen and oxygen atoms in total. The molecule has 0 bridgehead atoms. The minimum Gasteiger partial charge on any atom is -0.395 e. The summed E-state index contributed by atoms with van der Waals surface area (Å²) < 4.78 is 0. The lowest BCUT2D eigenvalue weighted by Gasteiger charge is -2.30. The molecule has 18 heavy (non-hydrogen) atoms. The van der Waals surface area contributed by atoms with E-state index in [2.05, 4.69) is 17.0 Å². The van der Waals surface area contributed by atoms with Crippen LogP contribution in [-0.2, 0) is 0 Å². The van der Waals surface area contributed by atoms with Crippen molar-refractivity contribution in [1.29, 1.82) is 0 Å². The molecule has 100 valence electrons. The Morgan fingerprint density at radius 3 is 2.33 bits per heavy atom. The summed E-state index contributed by atoms with van der Waals surface area (Å²) in [5.41, 5.74) is 2.09. The van der Waals surface area contributed by atoms with Gasteiger partial charge in [0.25, 0.3) is 0 Å². The number of aliphatic hydroxyl groups is 2. The highest BCUT2D eigenvalue weighted by Crippen LogP contribution is 2.28. The van der Waals surface area contributed by atoms with Gasteiger partial charge in [-0.2, -0.15) is 0 Å². The number of rotatable bonds is 5. The number of aliphatic hydroxyl groups excluding tert-OH is 2. The Balaban J connectivity index is 2.14. The van der Waals surface area contributed by atoms with Gasteiger partial charge in [-0.1, -0.05) is 25.0 Å². The largest absolute Gasteiger partial charge is 0.395 e. The van der Waals surface area contributed by atoms with Gasteiger partial charge in [0.05, 0.1) is 12.7 Å². The van der Waals surface area contributed by atoms with Crippen molar-refractivity contribution in [1.82, 2.24) is 0 Å². The summed E-state index contributed by atoms with van der Waals surface area (Å²) in [6, 6.07) is 8.61. The Bertz CT molecular complexity index is 355. The van der Waals surface area contributed by atoms with Crippen molar-refractivity contribution in [2.24, 2.45) is 0 Å². The van der Waals surface area contributed by atoms with Gasteiger partial charge in [0.1, 0.15) is 0 Å². The van der Waals surface area contributed by atoms with Crippen molar-refractivity contribution in [2.75, 3.05) is 18.1 Å². The maximum absolute atomic E-state index is 9.51. The van der Waals surface area contributed by atoms with Gasteiger partial charge in [0.15, 0.2) is 0 Å². The molecular weight excluding hydrogens is 226 g/mol. The van der Waals surface area contributed by atoms with E-state index in [1.54, 1.807) is 6.92 Å². The SMILES string of the molecule is C[C@H](O)c1ccc(N(CCO)C2CCCC2)cc1. The van der Waals surface area contributed by atoms with Crippen LogP contribution in [0.4, 0.5) is 5.69 Å². The molecule has 1 aliphatic carbocycles. The molecule has 0 amide bonds. The van der Waals surface area contributed by atoms with Crippen LogP contribution in [0.1, 0.15) is 44.3 Å². The van der Waals surface area contributed by atoms with E-state index in [-0.39, 0.29) is 6.61 Å². The van der Waals surface area contributed by atoms with Gasteiger partial charge < -0.3 is 15.1 Å². The van der Waals surface area contributed by atoms with E-state index in [0.29, 0.717) is 12.6 Å². The minimum atomic E-state index is -0.420. The second-order valence-corrected chi connectivity index (χ2v) is 5.12. The molecule has 0 radical (unpaired) electrons. The summed E-state index contributed by atoms with van der Waals surface area (Å²) in [5.74, 6) is 0. The van der Waals surface area contributed by atoms with Gasteiger partial charge in [-0.15, -0.1) is 0 Å². The number of hydrogen-bond acceptors (Lipinski definition) is 3. The molecule has 1 saturated carbocycles. The number of nitrogens with zero attached hydrogens (tertiary/aromatic N) is 1. The first-order valence-electron chi connectivity index (χ1n) is 6.88. The lowest BCUT2D eigenvalue weighted by Crippen LogP contribution is -2.35. The molecule has 1 fully saturated rings. The Morgan fingerprint density at radius 1 is 1.22 bits per heavy atom. The van der Waals surface area contributed by atoms with Gasteiger partial charge in [-0.05, 0) is 37.5 Å². The fourth-order valence-electron chi connectivity index (χ4n) is 2.79. The molecule has 0 spiro atoms. The van der Waals surface area contributed by atoms with Crippen LogP contribution in [-0.4, -0.2) is 29.4 Å². The quantitative estimate of drug-likeness (QED) is 0.842. The molecule has 0 unspecified atom stereocenters. The second-order valence-electron chi connectivity index (χ2n) is 5.12. The monoisotopic (exact) mass is 249 g/mol. The van der Waals surface area contributed by atoms with Gasteiger partial charge in [0, 0.05) is 18.3 Å².